The van der Waals surface area contributed by atoms with Gasteiger partial charge in [-0.05, 0) is 84.3 Å². The van der Waals surface area contributed by atoms with Crippen LogP contribution in [0.5, 0.6) is 5.75 Å². The van der Waals surface area contributed by atoms with Crippen LogP contribution in [0.15, 0.2) is 150 Å². The topological polar surface area (TPSA) is 149 Å². The van der Waals surface area contributed by atoms with Gasteiger partial charge >= 0.3 is 0 Å². The van der Waals surface area contributed by atoms with Gasteiger partial charge in [-0.3, -0.25) is 19.2 Å². The predicted octanol–water partition coefficient (Wildman–Crippen LogP) is 9.07. The van der Waals surface area contributed by atoms with Gasteiger partial charge in [0.25, 0.3) is 17.7 Å². The van der Waals surface area contributed by atoms with Gasteiger partial charge in [0, 0.05) is 21.8 Å². The number of anilines is 3. The van der Waals surface area contributed by atoms with E-state index in [0.717, 1.165) is 11.3 Å². The lowest BCUT2D eigenvalue weighted by Gasteiger charge is -2.17. The average Bonchev–Trinajstić information content (AvgIpc) is 3.54. The first-order valence-electron chi connectivity index (χ1n) is 17.3. The first-order chi connectivity index (χ1) is 27.2. The zero-order valence-corrected chi connectivity index (χ0v) is 31.9. The monoisotopic (exact) mass is 777 g/mol. The maximum atomic E-state index is 14.1. The molecule has 6 rings (SSSR count). The summed E-state index contributed by atoms with van der Waals surface area (Å²) in [6, 6.07) is 42.9. The summed E-state index contributed by atoms with van der Waals surface area (Å²) in [7, 11) is 1.54. The van der Waals surface area contributed by atoms with E-state index in [2.05, 4.69) is 27.3 Å². The standard InChI is InChI=1S/C44H35N5O5S2/c1-28-36(27-45)44(56-38(28)42(52)46-32-19-10-5-11-20-32)49-43(53)39(30-15-6-3-7-16-30)55-35-23-13-21-33(26-35)47-41(51)37(25-29-14-12-22-34(24-29)54-2)48-40(50)31-17-8-4-9-18-31/h3-26,39H,1-2H3,(H,46,52)(H,47,51)(H,48,50)(H,49,53)/b37-25-. The van der Waals surface area contributed by atoms with Crippen molar-refractivity contribution in [2.45, 2.75) is 17.1 Å². The Balaban J connectivity index is 1.23. The van der Waals surface area contributed by atoms with E-state index in [0.29, 0.717) is 49.2 Å². The Bertz CT molecular complexity index is 2450. The fourth-order valence-corrected chi connectivity index (χ4v) is 7.70. The van der Waals surface area contributed by atoms with E-state index in [9.17, 15) is 24.4 Å². The van der Waals surface area contributed by atoms with Gasteiger partial charge in [0.15, 0.2) is 0 Å². The van der Waals surface area contributed by atoms with Crippen LogP contribution in [0, 0.1) is 18.3 Å². The molecular formula is C44H35N5O5S2. The molecule has 5 aromatic carbocycles. The highest BCUT2D eigenvalue weighted by Crippen LogP contribution is 2.39. The second kappa shape index (κ2) is 18.4. The Kier molecular flexibility index (Phi) is 12.7. The molecule has 6 aromatic rings. The number of thioether (sulfide) groups is 1. The lowest BCUT2D eigenvalue weighted by molar-refractivity contribution is -0.116. The van der Waals surface area contributed by atoms with Gasteiger partial charge < -0.3 is 26.0 Å². The molecule has 1 aromatic heterocycles. The summed E-state index contributed by atoms with van der Waals surface area (Å²) in [5, 5.41) is 20.9. The van der Waals surface area contributed by atoms with E-state index < -0.39 is 23.0 Å². The number of nitrogens with one attached hydrogen (secondary N) is 4. The average molecular weight is 778 g/mol. The highest BCUT2D eigenvalue weighted by molar-refractivity contribution is 8.00. The quantitative estimate of drug-likeness (QED) is 0.0675. The van der Waals surface area contributed by atoms with Crippen LogP contribution in [0.3, 0.4) is 0 Å². The molecule has 0 radical (unpaired) electrons. The van der Waals surface area contributed by atoms with Crippen molar-refractivity contribution in [1.82, 2.24) is 5.32 Å². The van der Waals surface area contributed by atoms with Gasteiger partial charge in [0.2, 0.25) is 5.91 Å². The SMILES string of the molecule is COc1cccc(/C=C(\NC(=O)c2ccccc2)C(=O)Nc2cccc(SC(C(=O)Nc3sc(C(=O)Nc4ccccc4)c(C)c3C#N)c3ccccc3)c2)c1. The Morgan fingerprint density at radius 1 is 0.750 bits per heavy atom. The van der Waals surface area contributed by atoms with E-state index >= 15 is 0 Å². The van der Waals surface area contributed by atoms with Crippen LogP contribution < -0.4 is 26.0 Å². The van der Waals surface area contributed by atoms with Crippen LogP contribution >= 0.6 is 23.1 Å². The van der Waals surface area contributed by atoms with Crippen LogP contribution in [-0.4, -0.2) is 30.7 Å². The second-order valence-electron chi connectivity index (χ2n) is 12.2. The molecule has 0 saturated heterocycles. The van der Waals surface area contributed by atoms with E-state index in [1.807, 2.05) is 42.5 Å². The molecule has 4 N–H and O–H groups in total. The number of nitrogens with zero attached hydrogens (tertiary/aromatic N) is 1. The molecule has 0 bridgehead atoms. The van der Waals surface area contributed by atoms with Crippen molar-refractivity contribution in [1.29, 1.82) is 5.26 Å². The van der Waals surface area contributed by atoms with Crippen molar-refractivity contribution in [3.8, 4) is 11.8 Å². The lowest BCUT2D eigenvalue weighted by Crippen LogP contribution is -2.30. The number of thiophene rings is 1. The van der Waals surface area contributed by atoms with E-state index in [1.165, 1.54) is 11.8 Å². The van der Waals surface area contributed by atoms with Gasteiger partial charge in [-0.1, -0.05) is 84.9 Å². The molecule has 0 aliphatic carbocycles. The van der Waals surface area contributed by atoms with Crippen molar-refractivity contribution in [2.75, 3.05) is 23.1 Å². The van der Waals surface area contributed by atoms with E-state index in [-0.39, 0.29) is 22.2 Å². The summed E-state index contributed by atoms with van der Waals surface area (Å²) in [5.41, 5.74) is 3.42. The highest BCUT2D eigenvalue weighted by atomic mass is 32.2. The number of ether oxygens (including phenoxy) is 1. The molecule has 0 saturated carbocycles. The summed E-state index contributed by atoms with van der Waals surface area (Å²) < 4.78 is 5.34. The summed E-state index contributed by atoms with van der Waals surface area (Å²) in [6.07, 6.45) is 1.56. The summed E-state index contributed by atoms with van der Waals surface area (Å²) >= 11 is 2.28. The van der Waals surface area contributed by atoms with Crippen LogP contribution in [0.25, 0.3) is 6.08 Å². The minimum absolute atomic E-state index is 0.00283. The van der Waals surface area contributed by atoms with Gasteiger partial charge in [-0.15, -0.1) is 23.1 Å². The molecule has 1 unspecified atom stereocenters. The summed E-state index contributed by atoms with van der Waals surface area (Å²) in [5.74, 6) is -1.23. The van der Waals surface area contributed by atoms with Crippen molar-refractivity contribution in [3.63, 3.8) is 0 Å². The number of carbonyl (C=O) groups is 4. The molecule has 278 valence electrons. The first-order valence-corrected chi connectivity index (χ1v) is 19.0. The number of amides is 4. The molecule has 1 atom stereocenters. The van der Waals surface area contributed by atoms with E-state index in [4.69, 9.17) is 4.74 Å². The summed E-state index contributed by atoms with van der Waals surface area (Å²) in [4.78, 5) is 55.2. The third kappa shape index (κ3) is 9.78. The normalized spacial score (nSPS) is 11.4. The number of nitriles is 1. The number of benzene rings is 5. The molecule has 1 heterocycles. The number of hydrogen-bond acceptors (Lipinski definition) is 8. The molecule has 0 aliphatic rings. The molecule has 10 nitrogen and oxygen atoms in total. The number of rotatable bonds is 13. The molecule has 56 heavy (non-hydrogen) atoms. The molecule has 0 aliphatic heterocycles. The van der Waals surface area contributed by atoms with Gasteiger partial charge in [0.05, 0.1) is 17.6 Å². The Morgan fingerprint density at radius 3 is 2.11 bits per heavy atom. The maximum Gasteiger partial charge on any atom is 0.272 e. The number of carbonyl (C=O) groups excluding carboxylic acids is 4. The molecule has 4 amide bonds. The fraction of sp³-hybridized carbons (Fsp3) is 0.0682. The Hall–Kier alpha value is -6.94. The molecular weight excluding hydrogens is 743 g/mol. The second-order valence-corrected chi connectivity index (χ2v) is 14.4. The van der Waals surface area contributed by atoms with Crippen LogP contribution in [0.1, 0.15) is 47.5 Å². The third-order valence-corrected chi connectivity index (χ3v) is 10.8. The Morgan fingerprint density at radius 2 is 1.41 bits per heavy atom. The molecule has 0 spiro atoms. The predicted molar refractivity (Wildman–Crippen MR) is 222 cm³/mol. The van der Waals surface area contributed by atoms with Crippen LogP contribution in [-0.2, 0) is 9.59 Å². The number of hydrogen-bond donors (Lipinski definition) is 4. The number of para-hydroxylation sites is 1. The van der Waals surface area contributed by atoms with Gasteiger partial charge in [-0.2, -0.15) is 5.26 Å². The smallest absolute Gasteiger partial charge is 0.272 e. The maximum absolute atomic E-state index is 14.1. The number of methoxy groups -OCH3 is 1. The Labute approximate surface area is 332 Å². The minimum Gasteiger partial charge on any atom is -0.497 e. The zero-order chi connectivity index (χ0) is 39.4. The largest absolute Gasteiger partial charge is 0.497 e. The summed E-state index contributed by atoms with van der Waals surface area (Å²) in [6.45, 7) is 1.68. The van der Waals surface area contributed by atoms with E-state index in [1.54, 1.807) is 117 Å². The van der Waals surface area contributed by atoms with Crippen molar-refractivity contribution in [3.05, 3.63) is 178 Å². The fourth-order valence-electron chi connectivity index (χ4n) is 5.56. The minimum atomic E-state index is -0.786. The molecule has 0 fully saturated rings. The van der Waals surface area contributed by atoms with Crippen molar-refractivity contribution >= 4 is 69.2 Å². The van der Waals surface area contributed by atoms with Crippen molar-refractivity contribution in [2.24, 2.45) is 0 Å². The van der Waals surface area contributed by atoms with Crippen molar-refractivity contribution < 1.29 is 23.9 Å². The van der Waals surface area contributed by atoms with Gasteiger partial charge in [0.1, 0.15) is 27.8 Å². The lowest BCUT2D eigenvalue weighted by atomic mass is 10.1. The third-order valence-electron chi connectivity index (χ3n) is 8.35. The zero-order valence-electron chi connectivity index (χ0n) is 30.2. The molecule has 12 heteroatoms. The van der Waals surface area contributed by atoms with Crippen LogP contribution in [0.4, 0.5) is 16.4 Å². The highest BCUT2D eigenvalue weighted by Gasteiger charge is 2.27. The first kappa shape index (κ1) is 38.8. The van der Waals surface area contributed by atoms with Crippen LogP contribution in [0.2, 0.25) is 0 Å². The van der Waals surface area contributed by atoms with Gasteiger partial charge in [-0.25, -0.2) is 0 Å².